The van der Waals surface area contributed by atoms with Crippen LogP contribution in [0.1, 0.15) is 28.9 Å². The van der Waals surface area contributed by atoms with Crippen molar-refractivity contribution in [3.63, 3.8) is 0 Å². The third-order valence-corrected chi connectivity index (χ3v) is 5.65. The molecule has 0 saturated carbocycles. The van der Waals surface area contributed by atoms with Crippen LogP contribution in [0.25, 0.3) is 0 Å². The zero-order chi connectivity index (χ0) is 19.4. The van der Waals surface area contributed by atoms with Crippen LogP contribution >= 0.6 is 11.8 Å². The number of nitrogens with one attached hydrogen (secondary N) is 1. The summed E-state index contributed by atoms with van der Waals surface area (Å²) in [6.45, 7) is 3.63. The number of ketones is 1. The van der Waals surface area contributed by atoms with Crippen LogP contribution in [-0.4, -0.2) is 52.3 Å². The summed E-state index contributed by atoms with van der Waals surface area (Å²) in [5.41, 5.74) is 2.29. The molecule has 0 bridgehead atoms. The van der Waals surface area contributed by atoms with Crippen molar-refractivity contribution in [3.8, 4) is 0 Å². The van der Waals surface area contributed by atoms with Crippen molar-refractivity contribution in [3.05, 3.63) is 41.7 Å². The van der Waals surface area contributed by atoms with E-state index in [1.54, 1.807) is 22.6 Å². The summed E-state index contributed by atoms with van der Waals surface area (Å²) in [5.74, 6) is 0.0613. The van der Waals surface area contributed by atoms with E-state index in [9.17, 15) is 9.59 Å². The number of amides is 1. The average molecular weight is 387 g/mol. The van der Waals surface area contributed by atoms with Crippen LogP contribution in [0.15, 0.2) is 35.4 Å². The zero-order valence-electron chi connectivity index (χ0n) is 16.1. The number of rotatable bonds is 6. The molecule has 1 aliphatic heterocycles. The summed E-state index contributed by atoms with van der Waals surface area (Å²) >= 11 is 1.67. The molecule has 1 atom stereocenters. The van der Waals surface area contributed by atoms with E-state index in [1.807, 2.05) is 44.5 Å². The fourth-order valence-electron chi connectivity index (χ4n) is 3.52. The zero-order valence-corrected chi connectivity index (χ0v) is 16.9. The van der Waals surface area contributed by atoms with Crippen LogP contribution < -0.4 is 5.32 Å². The Labute approximate surface area is 164 Å². The molecule has 1 aliphatic rings. The van der Waals surface area contributed by atoms with Crippen molar-refractivity contribution in [1.82, 2.24) is 14.7 Å². The fraction of sp³-hybridized carbons (Fsp3) is 0.450. The third kappa shape index (κ3) is 4.99. The summed E-state index contributed by atoms with van der Waals surface area (Å²) in [6, 6.07) is 7.79. The largest absolute Gasteiger partial charge is 0.322 e. The molecule has 1 saturated heterocycles. The first-order chi connectivity index (χ1) is 13.0. The second-order valence-corrected chi connectivity index (χ2v) is 7.90. The fourth-order valence-corrected chi connectivity index (χ4v) is 3.93. The van der Waals surface area contributed by atoms with E-state index in [-0.39, 0.29) is 17.6 Å². The van der Waals surface area contributed by atoms with Crippen LogP contribution in [0.4, 0.5) is 5.69 Å². The van der Waals surface area contributed by atoms with Crippen LogP contribution in [0, 0.1) is 12.8 Å². The number of hydrogen-bond donors (Lipinski definition) is 1. The Morgan fingerprint density at radius 2 is 2.04 bits per heavy atom. The number of nitrogens with zero attached hydrogens (tertiary/aromatic N) is 3. The van der Waals surface area contributed by atoms with Crippen molar-refractivity contribution >= 4 is 29.1 Å². The van der Waals surface area contributed by atoms with Gasteiger partial charge in [0.2, 0.25) is 5.91 Å². The Bertz CT molecular complexity index is 816. The minimum absolute atomic E-state index is 0.0493. The molecule has 27 heavy (non-hydrogen) atoms. The molecule has 1 aromatic heterocycles. The quantitative estimate of drug-likeness (QED) is 0.611. The summed E-state index contributed by atoms with van der Waals surface area (Å²) < 4.78 is 1.68. The van der Waals surface area contributed by atoms with E-state index in [2.05, 4.69) is 15.3 Å². The highest BCUT2D eigenvalue weighted by Gasteiger charge is 2.27. The summed E-state index contributed by atoms with van der Waals surface area (Å²) in [6.07, 6.45) is 5.63. The Morgan fingerprint density at radius 1 is 1.30 bits per heavy atom. The number of aromatic nitrogens is 2. The van der Waals surface area contributed by atoms with Crippen LogP contribution in [0.3, 0.4) is 0 Å². The topological polar surface area (TPSA) is 67.2 Å². The van der Waals surface area contributed by atoms with Crippen molar-refractivity contribution in [1.29, 1.82) is 0 Å². The maximum absolute atomic E-state index is 12.8. The molecule has 3 rings (SSSR count). The van der Waals surface area contributed by atoms with Crippen LogP contribution in [0.2, 0.25) is 0 Å². The SMILES string of the molecule is CSc1ccc(C(=O)C2CCCN(CC(=O)Nc3cn(C)nc3C)C2)cc1. The predicted octanol–water partition coefficient (Wildman–Crippen LogP) is 2.98. The van der Waals surface area contributed by atoms with Crippen LogP contribution in [-0.2, 0) is 11.8 Å². The van der Waals surface area contributed by atoms with E-state index in [0.717, 1.165) is 41.2 Å². The van der Waals surface area contributed by atoms with E-state index in [4.69, 9.17) is 0 Å². The normalized spacial score (nSPS) is 17.7. The first-order valence-corrected chi connectivity index (χ1v) is 10.4. The molecule has 1 N–H and O–H groups in total. The van der Waals surface area contributed by atoms with E-state index in [0.29, 0.717) is 13.1 Å². The lowest BCUT2D eigenvalue weighted by Crippen LogP contribution is -2.42. The number of Topliss-reactive ketones (excluding diaryl/α,β-unsaturated/α-hetero) is 1. The molecule has 1 fully saturated rings. The highest BCUT2D eigenvalue weighted by atomic mass is 32.2. The number of carbonyl (C=O) groups is 2. The second-order valence-electron chi connectivity index (χ2n) is 7.02. The third-order valence-electron chi connectivity index (χ3n) is 4.91. The Morgan fingerprint density at radius 3 is 2.67 bits per heavy atom. The molecule has 7 heteroatoms. The van der Waals surface area contributed by atoms with Crippen molar-refractivity contribution in [2.45, 2.75) is 24.7 Å². The van der Waals surface area contributed by atoms with Gasteiger partial charge in [0.05, 0.1) is 17.9 Å². The van der Waals surface area contributed by atoms with Crippen molar-refractivity contribution in [2.75, 3.05) is 31.2 Å². The number of thioether (sulfide) groups is 1. The standard InChI is InChI=1S/C20H26N4O2S/c1-14-18(12-23(2)22-14)21-19(25)13-24-10-4-5-16(11-24)20(26)15-6-8-17(27-3)9-7-15/h6-9,12,16H,4-5,10-11,13H2,1-3H3,(H,21,25). The van der Waals surface area contributed by atoms with Crippen LogP contribution in [0.5, 0.6) is 0 Å². The Balaban J connectivity index is 1.57. The van der Waals surface area contributed by atoms with Gasteiger partial charge in [-0.25, -0.2) is 0 Å². The summed E-state index contributed by atoms with van der Waals surface area (Å²) in [7, 11) is 1.83. The minimum atomic E-state index is -0.0662. The van der Waals surface area contributed by atoms with Crippen molar-refractivity contribution < 1.29 is 9.59 Å². The molecule has 0 aliphatic carbocycles. The Hall–Kier alpha value is -2.12. The van der Waals surface area contributed by atoms with Gasteiger partial charge >= 0.3 is 0 Å². The minimum Gasteiger partial charge on any atom is -0.322 e. The number of piperidine rings is 1. The number of benzene rings is 1. The maximum Gasteiger partial charge on any atom is 0.238 e. The molecular weight excluding hydrogens is 360 g/mol. The molecule has 0 spiro atoms. The monoisotopic (exact) mass is 386 g/mol. The van der Waals surface area contributed by atoms with Gasteiger partial charge in [0.1, 0.15) is 0 Å². The molecule has 1 amide bonds. The highest BCUT2D eigenvalue weighted by Crippen LogP contribution is 2.23. The molecule has 144 valence electrons. The molecule has 0 radical (unpaired) electrons. The first kappa shape index (κ1) is 19.6. The first-order valence-electron chi connectivity index (χ1n) is 9.17. The molecule has 6 nitrogen and oxygen atoms in total. The predicted molar refractivity (Wildman–Crippen MR) is 108 cm³/mol. The lowest BCUT2D eigenvalue weighted by Gasteiger charge is -2.31. The molecular formula is C20H26N4O2S. The number of aryl methyl sites for hydroxylation is 2. The van der Waals surface area contributed by atoms with E-state index < -0.39 is 0 Å². The van der Waals surface area contributed by atoms with Gasteiger partial charge in [-0.2, -0.15) is 5.10 Å². The number of hydrogen-bond acceptors (Lipinski definition) is 5. The Kier molecular flexibility index (Phi) is 6.34. The molecule has 1 aromatic carbocycles. The van der Waals surface area contributed by atoms with Gasteiger partial charge in [0.15, 0.2) is 5.78 Å². The lowest BCUT2D eigenvalue weighted by molar-refractivity contribution is -0.117. The van der Waals surface area contributed by atoms with Gasteiger partial charge in [0.25, 0.3) is 0 Å². The van der Waals surface area contributed by atoms with Gasteiger partial charge in [-0.1, -0.05) is 12.1 Å². The molecule has 1 unspecified atom stereocenters. The number of anilines is 1. The lowest BCUT2D eigenvalue weighted by atomic mass is 9.90. The summed E-state index contributed by atoms with van der Waals surface area (Å²) in [4.78, 5) is 28.4. The van der Waals surface area contributed by atoms with Gasteiger partial charge < -0.3 is 5.32 Å². The molecule has 2 heterocycles. The number of carbonyl (C=O) groups excluding carboxylic acids is 2. The summed E-state index contributed by atoms with van der Waals surface area (Å²) in [5, 5.41) is 7.15. The van der Waals surface area contributed by atoms with E-state index in [1.165, 1.54) is 0 Å². The second kappa shape index (κ2) is 8.71. The van der Waals surface area contributed by atoms with Gasteiger partial charge in [-0.15, -0.1) is 11.8 Å². The van der Waals surface area contributed by atoms with Gasteiger partial charge in [0, 0.05) is 36.2 Å². The average Bonchev–Trinajstić information content (AvgIpc) is 2.98. The highest BCUT2D eigenvalue weighted by molar-refractivity contribution is 7.98. The number of likely N-dealkylation sites (tertiary alicyclic amines) is 1. The smallest absolute Gasteiger partial charge is 0.238 e. The van der Waals surface area contributed by atoms with Gasteiger partial charge in [-0.05, 0) is 44.7 Å². The van der Waals surface area contributed by atoms with E-state index >= 15 is 0 Å². The molecule has 2 aromatic rings. The maximum atomic E-state index is 12.8. The van der Waals surface area contributed by atoms with Gasteiger partial charge in [-0.3, -0.25) is 19.2 Å². The van der Waals surface area contributed by atoms with Crippen molar-refractivity contribution in [2.24, 2.45) is 13.0 Å².